The van der Waals surface area contributed by atoms with Gasteiger partial charge in [0.2, 0.25) is 5.91 Å². The molecule has 1 heterocycles. The van der Waals surface area contributed by atoms with Gasteiger partial charge in [-0.1, -0.05) is 19.9 Å². The summed E-state index contributed by atoms with van der Waals surface area (Å²) in [5, 5.41) is 12.2. The molecule has 2 N–H and O–H groups in total. The summed E-state index contributed by atoms with van der Waals surface area (Å²) in [6, 6.07) is 0.244. The molecule has 0 unspecified atom stereocenters. The number of hydrogen-bond donors (Lipinski definition) is 2. The van der Waals surface area contributed by atoms with Gasteiger partial charge in [0.1, 0.15) is 6.10 Å². The fourth-order valence-corrected chi connectivity index (χ4v) is 6.60. The van der Waals surface area contributed by atoms with Gasteiger partial charge in [-0.3, -0.25) is 4.79 Å². The number of hydrogen-bond acceptors (Lipinski definition) is 3. The van der Waals surface area contributed by atoms with Crippen molar-refractivity contribution in [3.8, 4) is 0 Å². The van der Waals surface area contributed by atoms with Crippen LogP contribution >= 0.6 is 0 Å². The van der Waals surface area contributed by atoms with Crippen LogP contribution < -0.4 is 5.32 Å². The van der Waals surface area contributed by atoms with E-state index in [1.165, 1.54) is 0 Å². The quantitative estimate of drug-likeness (QED) is 0.722. The lowest BCUT2D eigenvalue weighted by atomic mass is 9.48. The minimum absolute atomic E-state index is 0.0234. The zero-order chi connectivity index (χ0) is 17.1. The van der Waals surface area contributed by atoms with Gasteiger partial charge in [-0.05, 0) is 62.4 Å². The first-order valence-corrected chi connectivity index (χ1v) is 9.24. The lowest BCUT2D eigenvalue weighted by molar-refractivity contribution is -0.123. The predicted octanol–water partition coefficient (Wildman–Crippen LogP) is 3.35. The second kappa shape index (κ2) is 5.24. The summed E-state index contributed by atoms with van der Waals surface area (Å²) in [7, 11) is 0. The number of carboxylic acid groups (broad SMARTS) is 1. The summed E-state index contributed by atoms with van der Waals surface area (Å²) in [6.07, 6.45) is 8.71. The van der Waals surface area contributed by atoms with E-state index in [0.717, 1.165) is 38.5 Å². The van der Waals surface area contributed by atoms with Gasteiger partial charge in [-0.25, -0.2) is 4.79 Å². The fraction of sp³-hybridized carbons (Fsp3) is 0.789. The Balaban J connectivity index is 1.62. The van der Waals surface area contributed by atoms with Gasteiger partial charge in [0.25, 0.3) is 0 Å². The van der Waals surface area contributed by atoms with Gasteiger partial charge in [-0.15, -0.1) is 0 Å². The number of rotatable bonds is 1. The van der Waals surface area contributed by atoms with E-state index < -0.39 is 6.16 Å². The standard InChI is InChI=1S/C19H27NO4/c1-18-10-8-16(21)20-14(18)5-3-11-12-4-6-15(24-17(22)23)19(12,2)9-7-13(11)18/h8,10-15H,3-7,9H2,1-2H3,(H,20,21)(H,22,23)/t11-,12-,13-,14+,15-,18+,19-/m0/s1. The van der Waals surface area contributed by atoms with E-state index in [1.807, 2.05) is 0 Å². The van der Waals surface area contributed by atoms with Gasteiger partial charge in [-0.2, -0.15) is 0 Å². The molecule has 132 valence electrons. The Morgan fingerprint density at radius 1 is 1.21 bits per heavy atom. The lowest BCUT2D eigenvalue weighted by Gasteiger charge is -2.58. The molecule has 3 aliphatic carbocycles. The fourth-order valence-electron chi connectivity index (χ4n) is 6.60. The maximum absolute atomic E-state index is 11.7. The minimum Gasteiger partial charge on any atom is -0.450 e. The van der Waals surface area contributed by atoms with Crippen molar-refractivity contribution in [3.05, 3.63) is 12.2 Å². The Labute approximate surface area is 142 Å². The Hall–Kier alpha value is -1.52. The predicted molar refractivity (Wildman–Crippen MR) is 88.4 cm³/mol. The molecular formula is C19H27NO4. The Morgan fingerprint density at radius 3 is 2.75 bits per heavy atom. The smallest absolute Gasteiger partial charge is 0.450 e. The van der Waals surface area contributed by atoms with E-state index in [1.54, 1.807) is 6.08 Å². The van der Waals surface area contributed by atoms with E-state index in [0.29, 0.717) is 17.8 Å². The average molecular weight is 333 g/mol. The number of carbonyl (C=O) groups is 2. The Kier molecular flexibility index (Phi) is 3.49. The minimum atomic E-state index is -1.14. The van der Waals surface area contributed by atoms with Crippen molar-refractivity contribution in [2.24, 2.45) is 28.6 Å². The van der Waals surface area contributed by atoms with E-state index in [2.05, 4.69) is 25.2 Å². The number of ether oxygens (including phenoxy) is 1. The van der Waals surface area contributed by atoms with E-state index >= 15 is 0 Å². The third-order valence-electron chi connectivity index (χ3n) is 7.84. The van der Waals surface area contributed by atoms with Crippen LogP contribution in [0.5, 0.6) is 0 Å². The molecule has 1 amide bonds. The number of amides is 1. The second-order valence-corrected chi connectivity index (χ2v) is 8.71. The number of nitrogens with one attached hydrogen (secondary N) is 1. The molecule has 0 spiro atoms. The summed E-state index contributed by atoms with van der Waals surface area (Å²) in [5.41, 5.74) is 0.00822. The molecule has 0 bridgehead atoms. The highest BCUT2D eigenvalue weighted by Gasteiger charge is 2.60. The van der Waals surface area contributed by atoms with Gasteiger partial charge >= 0.3 is 6.16 Å². The summed E-state index contributed by atoms with van der Waals surface area (Å²) >= 11 is 0. The van der Waals surface area contributed by atoms with Crippen LogP contribution in [0.4, 0.5) is 4.79 Å². The van der Waals surface area contributed by atoms with Crippen LogP contribution in [0.25, 0.3) is 0 Å². The lowest BCUT2D eigenvalue weighted by Crippen LogP contribution is -2.59. The molecule has 7 atom stereocenters. The van der Waals surface area contributed by atoms with Crippen molar-refractivity contribution in [1.29, 1.82) is 0 Å². The maximum atomic E-state index is 11.7. The van der Waals surface area contributed by atoms with Crippen LogP contribution in [-0.4, -0.2) is 29.3 Å². The van der Waals surface area contributed by atoms with Crippen molar-refractivity contribution >= 4 is 12.1 Å². The van der Waals surface area contributed by atoms with Crippen molar-refractivity contribution in [3.63, 3.8) is 0 Å². The summed E-state index contributed by atoms with van der Waals surface area (Å²) < 4.78 is 5.25. The van der Waals surface area contributed by atoms with Crippen LogP contribution in [0.1, 0.15) is 52.4 Å². The monoisotopic (exact) mass is 333 g/mol. The Morgan fingerprint density at radius 2 is 2.00 bits per heavy atom. The van der Waals surface area contributed by atoms with Crippen LogP contribution in [0, 0.1) is 28.6 Å². The first-order chi connectivity index (χ1) is 11.3. The number of carbonyl (C=O) groups excluding carboxylic acids is 1. The molecule has 0 saturated heterocycles. The molecule has 3 fully saturated rings. The second-order valence-electron chi connectivity index (χ2n) is 8.71. The van der Waals surface area contributed by atoms with Crippen molar-refractivity contribution < 1.29 is 19.4 Å². The van der Waals surface area contributed by atoms with Gasteiger partial charge in [0, 0.05) is 16.9 Å². The van der Waals surface area contributed by atoms with Gasteiger partial charge < -0.3 is 15.2 Å². The molecule has 0 radical (unpaired) electrons. The van der Waals surface area contributed by atoms with Crippen LogP contribution in [-0.2, 0) is 9.53 Å². The maximum Gasteiger partial charge on any atom is 0.506 e. The summed E-state index contributed by atoms with van der Waals surface area (Å²) in [5.74, 6) is 1.73. The molecule has 1 aliphatic heterocycles. The molecule has 0 aromatic heterocycles. The Bertz CT molecular complexity index is 602. The third kappa shape index (κ3) is 2.12. The SMILES string of the molecule is C[C@]12C=CC(=O)N[C@@H]1CC[C@@H]1[C@@H]2CC[C@]2(C)[C@@H](OC(=O)O)CC[C@@H]12. The molecule has 3 saturated carbocycles. The summed E-state index contributed by atoms with van der Waals surface area (Å²) in [6.45, 7) is 4.54. The highest BCUT2D eigenvalue weighted by atomic mass is 16.7. The molecule has 0 aromatic carbocycles. The molecule has 4 rings (SSSR count). The van der Waals surface area contributed by atoms with Crippen molar-refractivity contribution in [2.75, 3.05) is 0 Å². The first kappa shape index (κ1) is 16.0. The average Bonchev–Trinajstić information content (AvgIpc) is 2.84. The zero-order valence-electron chi connectivity index (χ0n) is 14.5. The highest BCUT2D eigenvalue weighted by molar-refractivity contribution is 5.89. The van der Waals surface area contributed by atoms with E-state index in [-0.39, 0.29) is 28.9 Å². The molecule has 0 aromatic rings. The molecule has 24 heavy (non-hydrogen) atoms. The number of fused-ring (bicyclic) bond motifs is 5. The molecule has 5 heteroatoms. The highest BCUT2D eigenvalue weighted by Crippen LogP contribution is 2.63. The van der Waals surface area contributed by atoms with Crippen LogP contribution in [0.2, 0.25) is 0 Å². The van der Waals surface area contributed by atoms with E-state index in [9.17, 15) is 9.59 Å². The molecular weight excluding hydrogens is 306 g/mol. The van der Waals surface area contributed by atoms with Crippen molar-refractivity contribution in [1.82, 2.24) is 5.32 Å². The van der Waals surface area contributed by atoms with Crippen LogP contribution in [0.3, 0.4) is 0 Å². The van der Waals surface area contributed by atoms with Crippen LogP contribution in [0.15, 0.2) is 12.2 Å². The first-order valence-electron chi connectivity index (χ1n) is 9.24. The molecule has 4 aliphatic rings. The van der Waals surface area contributed by atoms with Gasteiger partial charge in [0.15, 0.2) is 0 Å². The van der Waals surface area contributed by atoms with Crippen molar-refractivity contribution in [2.45, 2.75) is 64.5 Å². The molecule has 5 nitrogen and oxygen atoms in total. The largest absolute Gasteiger partial charge is 0.506 e. The third-order valence-corrected chi connectivity index (χ3v) is 7.84. The summed E-state index contributed by atoms with van der Waals surface area (Å²) in [4.78, 5) is 22.8. The van der Waals surface area contributed by atoms with Gasteiger partial charge in [0.05, 0.1) is 0 Å². The zero-order valence-corrected chi connectivity index (χ0v) is 14.5. The topological polar surface area (TPSA) is 75.6 Å². The normalized spacial score (nSPS) is 49.6. The van der Waals surface area contributed by atoms with E-state index in [4.69, 9.17) is 9.84 Å².